The third-order valence-corrected chi connectivity index (χ3v) is 3.62. The third kappa shape index (κ3) is 2.24. The zero-order valence-electron chi connectivity index (χ0n) is 8.98. The summed E-state index contributed by atoms with van der Waals surface area (Å²) in [5, 5.41) is 0. The second kappa shape index (κ2) is 4.65. The number of carbonyl (C=O) groups excluding carboxylic acids is 1. The lowest BCUT2D eigenvalue weighted by atomic mass is 10.1. The van der Waals surface area contributed by atoms with Crippen molar-refractivity contribution in [3.63, 3.8) is 0 Å². The second-order valence-corrected chi connectivity index (χ2v) is 4.96. The lowest BCUT2D eigenvalue weighted by Crippen LogP contribution is -2.32. The van der Waals surface area contributed by atoms with E-state index in [4.69, 9.17) is 11.5 Å². The number of thioether (sulfide) groups is 1. The largest absolute Gasteiger partial charge is 0.398 e. The number of hydrogen-bond donors (Lipinski definition) is 2. The fourth-order valence-corrected chi connectivity index (χ4v) is 2.68. The van der Waals surface area contributed by atoms with Gasteiger partial charge in [0.2, 0.25) is 0 Å². The third-order valence-electron chi connectivity index (χ3n) is 2.68. The first-order valence-corrected chi connectivity index (χ1v) is 6.36. The zero-order chi connectivity index (χ0) is 11.5. The highest BCUT2D eigenvalue weighted by atomic mass is 32.2. The molecule has 0 aromatic heterocycles. The van der Waals surface area contributed by atoms with Crippen LogP contribution in [-0.4, -0.2) is 30.5 Å². The van der Waals surface area contributed by atoms with Crippen LogP contribution in [0.25, 0.3) is 0 Å². The molecule has 5 heteroatoms. The van der Waals surface area contributed by atoms with Gasteiger partial charge in [0.1, 0.15) is 0 Å². The number of carbonyl (C=O) groups is 1. The van der Waals surface area contributed by atoms with Gasteiger partial charge in [-0.15, -0.1) is 0 Å². The van der Waals surface area contributed by atoms with E-state index in [9.17, 15) is 4.79 Å². The van der Waals surface area contributed by atoms with Crippen molar-refractivity contribution in [3.05, 3.63) is 23.8 Å². The van der Waals surface area contributed by atoms with Crippen molar-refractivity contribution in [3.8, 4) is 0 Å². The number of nitrogens with zero attached hydrogens (tertiary/aromatic N) is 1. The summed E-state index contributed by atoms with van der Waals surface area (Å²) in [6.45, 7) is 2.01. The summed E-state index contributed by atoms with van der Waals surface area (Å²) in [6, 6.07) is 5.47. The lowest BCUT2D eigenvalue weighted by molar-refractivity contribution is 0.100. The molecule has 4 nitrogen and oxygen atoms in total. The Morgan fingerprint density at radius 3 is 2.62 bits per heavy atom. The SMILES string of the molecule is NC(=O)c1cc(N2CCSCC2)ccc1N. The average Bonchev–Trinajstić information content (AvgIpc) is 2.30. The minimum absolute atomic E-state index is 0.413. The van der Waals surface area contributed by atoms with E-state index in [0.29, 0.717) is 11.3 Å². The molecule has 0 aliphatic carbocycles. The Balaban J connectivity index is 2.27. The van der Waals surface area contributed by atoms with Gasteiger partial charge in [-0.3, -0.25) is 4.79 Å². The van der Waals surface area contributed by atoms with E-state index in [1.54, 1.807) is 12.1 Å². The van der Waals surface area contributed by atoms with Crippen LogP contribution in [0.15, 0.2) is 18.2 Å². The van der Waals surface area contributed by atoms with Crippen LogP contribution in [-0.2, 0) is 0 Å². The van der Waals surface area contributed by atoms with Crippen LogP contribution >= 0.6 is 11.8 Å². The fourth-order valence-electron chi connectivity index (χ4n) is 1.78. The van der Waals surface area contributed by atoms with Gasteiger partial charge in [-0.2, -0.15) is 11.8 Å². The molecular formula is C11H15N3OS. The van der Waals surface area contributed by atoms with E-state index < -0.39 is 5.91 Å². The molecule has 0 unspecified atom stereocenters. The molecule has 1 heterocycles. The number of nitrogen functional groups attached to an aromatic ring is 1. The smallest absolute Gasteiger partial charge is 0.250 e. The van der Waals surface area contributed by atoms with Crippen LogP contribution in [0.4, 0.5) is 11.4 Å². The van der Waals surface area contributed by atoms with Crippen molar-refractivity contribution >= 4 is 29.0 Å². The van der Waals surface area contributed by atoms with Crippen LogP contribution in [0.3, 0.4) is 0 Å². The van der Waals surface area contributed by atoms with E-state index in [-0.39, 0.29) is 0 Å². The van der Waals surface area contributed by atoms with Gasteiger partial charge in [-0.25, -0.2) is 0 Å². The van der Waals surface area contributed by atoms with E-state index in [2.05, 4.69) is 4.90 Å². The van der Waals surface area contributed by atoms with Crippen molar-refractivity contribution in [1.82, 2.24) is 0 Å². The highest BCUT2D eigenvalue weighted by Crippen LogP contribution is 2.23. The quantitative estimate of drug-likeness (QED) is 0.750. The minimum atomic E-state index is -0.467. The van der Waals surface area contributed by atoms with Crippen molar-refractivity contribution in [2.24, 2.45) is 5.73 Å². The van der Waals surface area contributed by atoms with Crippen LogP contribution in [0.5, 0.6) is 0 Å². The van der Waals surface area contributed by atoms with Crippen LogP contribution < -0.4 is 16.4 Å². The van der Waals surface area contributed by atoms with Crippen molar-refractivity contribution in [2.45, 2.75) is 0 Å². The van der Waals surface area contributed by atoms with Gasteiger partial charge in [0.05, 0.1) is 5.56 Å². The highest BCUT2D eigenvalue weighted by Gasteiger charge is 2.13. The molecule has 0 bridgehead atoms. The predicted molar refractivity (Wildman–Crippen MR) is 68.9 cm³/mol. The number of primary amides is 1. The van der Waals surface area contributed by atoms with Gasteiger partial charge in [-0.1, -0.05) is 0 Å². The number of hydrogen-bond acceptors (Lipinski definition) is 4. The zero-order valence-corrected chi connectivity index (χ0v) is 9.80. The molecule has 1 aliphatic rings. The van der Waals surface area contributed by atoms with Crippen LogP contribution in [0, 0.1) is 0 Å². The summed E-state index contributed by atoms with van der Waals surface area (Å²) in [4.78, 5) is 13.4. The molecule has 4 N–H and O–H groups in total. The first-order chi connectivity index (χ1) is 7.68. The molecule has 0 atom stereocenters. The molecule has 0 spiro atoms. The molecule has 1 aliphatic heterocycles. The molecular weight excluding hydrogens is 222 g/mol. The Morgan fingerprint density at radius 2 is 2.00 bits per heavy atom. The first kappa shape index (κ1) is 11.1. The molecule has 2 rings (SSSR count). The predicted octanol–water partition coefficient (Wildman–Crippen LogP) is 0.921. The summed E-state index contributed by atoms with van der Waals surface area (Å²) in [6.07, 6.45) is 0. The molecule has 0 radical (unpaired) electrons. The maximum atomic E-state index is 11.2. The molecule has 1 saturated heterocycles. The molecule has 16 heavy (non-hydrogen) atoms. The normalized spacial score (nSPS) is 16.1. The van der Waals surface area contributed by atoms with Gasteiger partial charge in [0.15, 0.2) is 0 Å². The van der Waals surface area contributed by atoms with Gasteiger partial charge >= 0.3 is 0 Å². The van der Waals surface area contributed by atoms with Gasteiger partial charge in [0, 0.05) is 36.0 Å². The second-order valence-electron chi connectivity index (χ2n) is 3.74. The maximum absolute atomic E-state index is 11.2. The summed E-state index contributed by atoms with van der Waals surface area (Å²) in [7, 11) is 0. The van der Waals surface area contributed by atoms with Gasteiger partial charge in [0.25, 0.3) is 5.91 Å². The average molecular weight is 237 g/mol. The summed E-state index contributed by atoms with van der Waals surface area (Å²) in [5.74, 6) is 1.78. The van der Waals surface area contributed by atoms with E-state index >= 15 is 0 Å². The van der Waals surface area contributed by atoms with E-state index in [1.807, 2.05) is 17.8 Å². The number of rotatable bonds is 2. The van der Waals surface area contributed by atoms with E-state index in [0.717, 1.165) is 30.3 Å². The van der Waals surface area contributed by atoms with E-state index in [1.165, 1.54) is 0 Å². The Kier molecular flexibility index (Phi) is 3.24. The molecule has 1 aromatic rings. The molecule has 1 fully saturated rings. The standard InChI is InChI=1S/C11H15N3OS/c12-10-2-1-8(7-9(10)11(13)15)14-3-5-16-6-4-14/h1-2,7H,3-6,12H2,(H2,13,15). The van der Waals surface area contributed by atoms with Crippen molar-refractivity contribution in [1.29, 1.82) is 0 Å². The number of nitrogens with two attached hydrogens (primary N) is 2. The number of anilines is 2. The van der Waals surface area contributed by atoms with Gasteiger partial charge < -0.3 is 16.4 Å². The molecule has 1 amide bonds. The number of benzene rings is 1. The number of amides is 1. The molecule has 86 valence electrons. The minimum Gasteiger partial charge on any atom is -0.398 e. The lowest BCUT2D eigenvalue weighted by Gasteiger charge is -2.28. The highest BCUT2D eigenvalue weighted by molar-refractivity contribution is 7.99. The van der Waals surface area contributed by atoms with Crippen LogP contribution in [0.1, 0.15) is 10.4 Å². The summed E-state index contributed by atoms with van der Waals surface area (Å²) < 4.78 is 0. The maximum Gasteiger partial charge on any atom is 0.250 e. The Labute approximate surface area is 99.0 Å². The molecule has 0 saturated carbocycles. The summed E-state index contributed by atoms with van der Waals surface area (Å²) in [5.41, 5.74) is 12.9. The Hall–Kier alpha value is -1.36. The Morgan fingerprint density at radius 1 is 1.31 bits per heavy atom. The first-order valence-electron chi connectivity index (χ1n) is 5.20. The fraction of sp³-hybridized carbons (Fsp3) is 0.364. The topological polar surface area (TPSA) is 72.4 Å². The summed E-state index contributed by atoms with van der Waals surface area (Å²) >= 11 is 1.95. The van der Waals surface area contributed by atoms with Crippen molar-refractivity contribution in [2.75, 3.05) is 35.2 Å². The van der Waals surface area contributed by atoms with Crippen LogP contribution in [0.2, 0.25) is 0 Å². The van der Waals surface area contributed by atoms with Gasteiger partial charge in [-0.05, 0) is 18.2 Å². The molecule has 1 aromatic carbocycles. The Bertz CT molecular complexity index is 402. The van der Waals surface area contributed by atoms with Crippen molar-refractivity contribution < 1.29 is 4.79 Å². The monoisotopic (exact) mass is 237 g/mol.